The molecule has 0 fully saturated rings. The predicted molar refractivity (Wildman–Crippen MR) is 130 cm³/mol. The Morgan fingerprint density at radius 2 is 1.26 bits per heavy atom. The van der Waals surface area contributed by atoms with Crippen LogP contribution in [0, 0.1) is 0 Å². The molecule has 0 bridgehead atoms. The minimum atomic E-state index is -0.996. The van der Waals surface area contributed by atoms with Crippen LogP contribution in [0.1, 0.15) is 5.56 Å². The molecule has 0 amide bonds. The Balaban J connectivity index is 1.69. The maximum Gasteiger partial charge on any atom is 0.328 e. The Morgan fingerprint density at radius 3 is 1.71 bits per heavy atom. The molecule has 1 heterocycles. The largest absolute Gasteiger partial charge is 0.497 e. The molecule has 1 aromatic heterocycles. The number of ether oxygens (including phenoxy) is 2. The average molecular weight is 454 g/mol. The van der Waals surface area contributed by atoms with Crippen LogP contribution in [0.15, 0.2) is 78.9 Å². The van der Waals surface area contributed by atoms with Crippen LogP contribution in [-0.4, -0.2) is 40.2 Å². The Labute approximate surface area is 196 Å². The number of nitrogens with zero attached hydrogens (tertiary/aromatic N) is 3. The molecular weight excluding hydrogens is 432 g/mol. The fourth-order valence-electron chi connectivity index (χ4n) is 3.14. The molecule has 8 heteroatoms. The maximum absolute atomic E-state index is 10.7. The maximum atomic E-state index is 10.7. The standard InChI is InChI=1S/C26H22N4O4/c1-33-21-12-6-18(7-13-21)24-28-25(19-8-14-22(34-2)15-9-19)30-26(29-24)27-20-10-3-17(4-11-20)5-16-23(31)32/h3-16H,1-2H3,(H,31,32)(H,27,28,29,30)/b16-5+. The van der Waals surface area contributed by atoms with Crippen molar-refractivity contribution in [3.05, 3.63) is 84.4 Å². The van der Waals surface area contributed by atoms with E-state index in [-0.39, 0.29) is 0 Å². The lowest BCUT2D eigenvalue weighted by molar-refractivity contribution is -0.131. The second-order valence-corrected chi connectivity index (χ2v) is 7.18. The number of carbonyl (C=O) groups is 1. The molecule has 0 atom stereocenters. The zero-order valence-electron chi connectivity index (χ0n) is 18.6. The Morgan fingerprint density at radius 1 is 0.765 bits per heavy atom. The molecule has 0 aliphatic heterocycles. The first-order valence-electron chi connectivity index (χ1n) is 10.4. The zero-order chi connectivity index (χ0) is 23.9. The second kappa shape index (κ2) is 10.3. The minimum Gasteiger partial charge on any atom is -0.497 e. The molecule has 4 aromatic rings. The number of hydrogen-bond donors (Lipinski definition) is 2. The summed E-state index contributed by atoms with van der Waals surface area (Å²) in [5.41, 5.74) is 3.15. The number of methoxy groups -OCH3 is 2. The van der Waals surface area contributed by atoms with Gasteiger partial charge in [0, 0.05) is 22.9 Å². The van der Waals surface area contributed by atoms with Crippen molar-refractivity contribution < 1.29 is 19.4 Å². The number of hydrogen-bond acceptors (Lipinski definition) is 7. The van der Waals surface area contributed by atoms with Crippen LogP contribution >= 0.6 is 0 Å². The molecule has 170 valence electrons. The molecule has 3 aromatic carbocycles. The first-order valence-corrected chi connectivity index (χ1v) is 10.4. The molecule has 0 aliphatic rings. The van der Waals surface area contributed by atoms with Gasteiger partial charge in [-0.2, -0.15) is 9.97 Å². The highest BCUT2D eigenvalue weighted by Gasteiger charge is 2.11. The Hall–Kier alpha value is -4.72. The van der Waals surface area contributed by atoms with Gasteiger partial charge < -0.3 is 19.9 Å². The van der Waals surface area contributed by atoms with Gasteiger partial charge in [0.15, 0.2) is 11.6 Å². The highest BCUT2D eigenvalue weighted by molar-refractivity contribution is 5.85. The van der Waals surface area contributed by atoms with Crippen molar-refractivity contribution in [2.45, 2.75) is 0 Å². The van der Waals surface area contributed by atoms with Crippen LogP contribution < -0.4 is 14.8 Å². The summed E-state index contributed by atoms with van der Waals surface area (Å²) in [6.45, 7) is 0. The van der Waals surface area contributed by atoms with E-state index in [1.807, 2.05) is 60.7 Å². The van der Waals surface area contributed by atoms with Crippen LogP contribution in [0.25, 0.3) is 28.9 Å². The van der Waals surface area contributed by atoms with Gasteiger partial charge in [-0.3, -0.25) is 0 Å². The van der Waals surface area contributed by atoms with Crippen molar-refractivity contribution in [3.63, 3.8) is 0 Å². The molecule has 0 unspecified atom stereocenters. The Bertz CT molecular complexity index is 1240. The van der Waals surface area contributed by atoms with Gasteiger partial charge in [0.25, 0.3) is 0 Å². The van der Waals surface area contributed by atoms with Gasteiger partial charge in [-0.15, -0.1) is 0 Å². The Kier molecular flexibility index (Phi) is 6.78. The number of nitrogens with one attached hydrogen (secondary N) is 1. The summed E-state index contributed by atoms with van der Waals surface area (Å²) in [7, 11) is 3.23. The number of rotatable bonds is 8. The van der Waals surface area contributed by atoms with Crippen molar-refractivity contribution in [1.29, 1.82) is 0 Å². The SMILES string of the molecule is COc1ccc(-c2nc(Nc3ccc(/C=C/C(=O)O)cc3)nc(-c3ccc(OC)cc3)n2)cc1. The van der Waals surface area contributed by atoms with Crippen molar-refractivity contribution in [3.8, 4) is 34.3 Å². The lowest BCUT2D eigenvalue weighted by Crippen LogP contribution is -2.03. The van der Waals surface area contributed by atoms with Crippen molar-refractivity contribution >= 4 is 23.7 Å². The minimum absolute atomic E-state index is 0.375. The number of anilines is 2. The van der Waals surface area contributed by atoms with E-state index >= 15 is 0 Å². The molecule has 0 saturated heterocycles. The molecule has 0 aliphatic carbocycles. The second-order valence-electron chi connectivity index (χ2n) is 7.18. The third kappa shape index (κ3) is 5.55. The van der Waals surface area contributed by atoms with E-state index in [2.05, 4.69) is 20.3 Å². The van der Waals surface area contributed by atoms with Crippen LogP contribution in [0.3, 0.4) is 0 Å². The summed E-state index contributed by atoms with van der Waals surface area (Å²) in [5, 5.41) is 12.0. The lowest BCUT2D eigenvalue weighted by Gasteiger charge is -2.10. The average Bonchev–Trinajstić information content (AvgIpc) is 2.88. The number of aliphatic carboxylic acids is 1. The topological polar surface area (TPSA) is 106 Å². The van der Waals surface area contributed by atoms with Gasteiger partial charge in [0.1, 0.15) is 11.5 Å². The number of aromatic nitrogens is 3. The fourth-order valence-corrected chi connectivity index (χ4v) is 3.14. The van der Waals surface area contributed by atoms with Crippen LogP contribution in [0.2, 0.25) is 0 Å². The fraction of sp³-hybridized carbons (Fsp3) is 0.0769. The van der Waals surface area contributed by atoms with Crippen molar-refractivity contribution in [2.75, 3.05) is 19.5 Å². The van der Waals surface area contributed by atoms with E-state index in [0.717, 1.165) is 40.0 Å². The molecule has 34 heavy (non-hydrogen) atoms. The van der Waals surface area contributed by atoms with Crippen LogP contribution in [0.4, 0.5) is 11.6 Å². The van der Waals surface area contributed by atoms with Gasteiger partial charge in [-0.25, -0.2) is 9.78 Å². The summed E-state index contributed by atoms with van der Waals surface area (Å²) in [4.78, 5) is 24.6. The summed E-state index contributed by atoms with van der Waals surface area (Å²) < 4.78 is 10.5. The first-order chi connectivity index (χ1) is 16.5. The van der Waals surface area contributed by atoms with E-state index in [9.17, 15) is 4.79 Å². The van der Waals surface area contributed by atoms with Crippen LogP contribution in [0.5, 0.6) is 11.5 Å². The summed E-state index contributed by atoms with van der Waals surface area (Å²) in [5.74, 6) is 1.87. The number of carboxylic acids is 1. The zero-order valence-corrected chi connectivity index (χ0v) is 18.6. The normalized spacial score (nSPS) is 10.8. The number of carboxylic acid groups (broad SMARTS) is 1. The van der Waals surface area contributed by atoms with E-state index in [4.69, 9.17) is 14.6 Å². The van der Waals surface area contributed by atoms with E-state index in [0.29, 0.717) is 17.6 Å². The molecule has 0 radical (unpaired) electrons. The molecule has 2 N–H and O–H groups in total. The smallest absolute Gasteiger partial charge is 0.328 e. The van der Waals surface area contributed by atoms with Gasteiger partial charge in [0.05, 0.1) is 14.2 Å². The third-order valence-corrected chi connectivity index (χ3v) is 4.92. The van der Waals surface area contributed by atoms with Gasteiger partial charge in [0.2, 0.25) is 5.95 Å². The molecular formula is C26H22N4O4. The summed E-state index contributed by atoms with van der Waals surface area (Å²) in [6.07, 6.45) is 2.62. The quantitative estimate of drug-likeness (QED) is 0.356. The lowest BCUT2D eigenvalue weighted by atomic mass is 10.2. The summed E-state index contributed by atoms with van der Waals surface area (Å²) >= 11 is 0. The molecule has 8 nitrogen and oxygen atoms in total. The molecule has 0 spiro atoms. The van der Waals surface area contributed by atoms with Gasteiger partial charge in [-0.1, -0.05) is 12.1 Å². The number of benzene rings is 3. The van der Waals surface area contributed by atoms with Crippen LogP contribution in [-0.2, 0) is 4.79 Å². The van der Waals surface area contributed by atoms with E-state index < -0.39 is 5.97 Å². The van der Waals surface area contributed by atoms with Crippen molar-refractivity contribution in [2.24, 2.45) is 0 Å². The summed E-state index contributed by atoms with van der Waals surface area (Å²) in [6, 6.07) is 22.2. The van der Waals surface area contributed by atoms with Gasteiger partial charge >= 0.3 is 5.97 Å². The first kappa shape index (κ1) is 22.5. The highest BCUT2D eigenvalue weighted by Crippen LogP contribution is 2.26. The monoisotopic (exact) mass is 454 g/mol. The molecule has 4 rings (SSSR count). The van der Waals surface area contributed by atoms with Gasteiger partial charge in [-0.05, 0) is 72.3 Å². The highest BCUT2D eigenvalue weighted by atomic mass is 16.5. The van der Waals surface area contributed by atoms with E-state index in [1.165, 1.54) is 6.08 Å². The third-order valence-electron chi connectivity index (χ3n) is 4.92. The van der Waals surface area contributed by atoms with E-state index in [1.54, 1.807) is 26.4 Å². The predicted octanol–water partition coefficient (Wildman–Crippen LogP) is 5.06. The van der Waals surface area contributed by atoms with Crippen molar-refractivity contribution in [1.82, 2.24) is 15.0 Å². The molecule has 0 saturated carbocycles.